The van der Waals surface area contributed by atoms with Crippen LogP contribution in [0.2, 0.25) is 0 Å². The van der Waals surface area contributed by atoms with Crippen LogP contribution in [0.4, 0.5) is 0 Å². The molecule has 0 saturated heterocycles. The average molecular weight is 246 g/mol. The molecule has 0 radical (unpaired) electrons. The zero-order chi connectivity index (χ0) is 13.1. The minimum absolute atomic E-state index is 0.165. The summed E-state index contributed by atoms with van der Waals surface area (Å²) in [5.41, 5.74) is 3.50. The third-order valence-corrected chi connectivity index (χ3v) is 3.02. The summed E-state index contributed by atoms with van der Waals surface area (Å²) < 4.78 is 10.6. The van der Waals surface area contributed by atoms with Gasteiger partial charge in [0.05, 0.1) is 13.5 Å². The molecule has 0 aliphatic carbocycles. The molecule has 3 nitrogen and oxygen atoms in total. The van der Waals surface area contributed by atoms with Gasteiger partial charge < -0.3 is 9.47 Å². The van der Waals surface area contributed by atoms with Crippen molar-refractivity contribution in [3.8, 4) is 11.5 Å². The molecule has 0 amide bonds. The molecule has 1 aliphatic rings. The van der Waals surface area contributed by atoms with Crippen LogP contribution in [0.1, 0.15) is 31.4 Å². The Balaban J connectivity index is 2.35. The number of benzene rings is 1. The van der Waals surface area contributed by atoms with E-state index in [-0.39, 0.29) is 5.97 Å². The lowest BCUT2D eigenvalue weighted by molar-refractivity contribution is -0.135. The Hall–Kier alpha value is -1.77. The van der Waals surface area contributed by atoms with E-state index in [4.69, 9.17) is 9.47 Å². The van der Waals surface area contributed by atoms with E-state index in [0.717, 1.165) is 29.7 Å². The molecule has 0 atom stereocenters. The van der Waals surface area contributed by atoms with E-state index in [1.165, 1.54) is 5.57 Å². The highest BCUT2D eigenvalue weighted by Gasteiger charge is 2.19. The molecule has 2 rings (SSSR count). The van der Waals surface area contributed by atoms with E-state index >= 15 is 0 Å². The van der Waals surface area contributed by atoms with Crippen molar-refractivity contribution in [1.29, 1.82) is 0 Å². The van der Waals surface area contributed by atoms with Crippen molar-refractivity contribution < 1.29 is 14.3 Å². The minimum atomic E-state index is -0.165. The van der Waals surface area contributed by atoms with Gasteiger partial charge >= 0.3 is 5.97 Å². The number of hydrogen-bond acceptors (Lipinski definition) is 3. The number of fused-ring (bicyclic) bond motifs is 1. The molecule has 1 heterocycles. The second-order valence-corrected chi connectivity index (χ2v) is 4.73. The Morgan fingerprint density at radius 1 is 1.39 bits per heavy atom. The summed E-state index contributed by atoms with van der Waals surface area (Å²) >= 11 is 0. The highest BCUT2D eigenvalue weighted by Crippen LogP contribution is 2.33. The van der Waals surface area contributed by atoms with Crippen molar-refractivity contribution in [3.63, 3.8) is 0 Å². The molecule has 96 valence electrons. The molecular weight excluding hydrogens is 228 g/mol. The molecule has 1 aromatic carbocycles. The van der Waals surface area contributed by atoms with Crippen LogP contribution in [0.25, 0.3) is 0 Å². The van der Waals surface area contributed by atoms with Crippen molar-refractivity contribution in [3.05, 3.63) is 34.9 Å². The van der Waals surface area contributed by atoms with Crippen LogP contribution >= 0.6 is 0 Å². The first-order chi connectivity index (χ1) is 8.60. The van der Waals surface area contributed by atoms with E-state index in [1.807, 2.05) is 6.07 Å². The molecule has 18 heavy (non-hydrogen) atoms. The number of aryl methyl sites for hydroxylation is 1. The van der Waals surface area contributed by atoms with Crippen LogP contribution < -0.4 is 9.47 Å². The molecule has 0 bridgehead atoms. The highest BCUT2D eigenvalue weighted by molar-refractivity contribution is 5.75. The SMILES string of the molecule is COc1cc2c(cc1CC=C(C)C)CCC(=O)O2. The first kappa shape index (κ1) is 12.7. The summed E-state index contributed by atoms with van der Waals surface area (Å²) in [6, 6.07) is 3.90. The van der Waals surface area contributed by atoms with E-state index in [2.05, 4.69) is 26.0 Å². The van der Waals surface area contributed by atoms with Crippen LogP contribution in [0, 0.1) is 0 Å². The maximum atomic E-state index is 11.3. The van der Waals surface area contributed by atoms with Gasteiger partial charge in [-0.3, -0.25) is 4.79 Å². The normalized spacial score (nSPS) is 13.6. The fourth-order valence-electron chi connectivity index (χ4n) is 2.02. The largest absolute Gasteiger partial charge is 0.496 e. The number of carbonyl (C=O) groups excluding carboxylic acids is 1. The highest BCUT2D eigenvalue weighted by atomic mass is 16.5. The molecule has 0 fully saturated rings. The summed E-state index contributed by atoms with van der Waals surface area (Å²) in [7, 11) is 1.64. The summed E-state index contributed by atoms with van der Waals surface area (Å²) in [5, 5.41) is 0. The Kier molecular flexibility index (Phi) is 3.70. The van der Waals surface area contributed by atoms with Gasteiger partial charge in [0.25, 0.3) is 0 Å². The zero-order valence-corrected chi connectivity index (χ0v) is 11.1. The van der Waals surface area contributed by atoms with Gasteiger partial charge in [-0.05, 0) is 43.9 Å². The topological polar surface area (TPSA) is 35.5 Å². The van der Waals surface area contributed by atoms with Crippen LogP contribution in [0.3, 0.4) is 0 Å². The fourth-order valence-corrected chi connectivity index (χ4v) is 2.02. The van der Waals surface area contributed by atoms with Gasteiger partial charge in [0.1, 0.15) is 11.5 Å². The average Bonchev–Trinajstić information content (AvgIpc) is 2.35. The smallest absolute Gasteiger partial charge is 0.311 e. The van der Waals surface area contributed by atoms with Gasteiger partial charge in [-0.2, -0.15) is 0 Å². The van der Waals surface area contributed by atoms with E-state index in [1.54, 1.807) is 7.11 Å². The van der Waals surface area contributed by atoms with Crippen molar-refractivity contribution in [2.75, 3.05) is 7.11 Å². The fraction of sp³-hybridized carbons (Fsp3) is 0.400. The molecule has 3 heteroatoms. The summed E-state index contributed by atoms with van der Waals surface area (Å²) in [6.07, 6.45) is 4.22. The lowest BCUT2D eigenvalue weighted by Crippen LogP contribution is -2.16. The maximum absolute atomic E-state index is 11.3. The second kappa shape index (κ2) is 5.25. The quantitative estimate of drug-likeness (QED) is 0.467. The van der Waals surface area contributed by atoms with Gasteiger partial charge in [-0.1, -0.05) is 11.6 Å². The first-order valence-corrected chi connectivity index (χ1v) is 6.14. The monoisotopic (exact) mass is 246 g/mol. The Labute approximate surface area is 107 Å². The van der Waals surface area contributed by atoms with E-state index in [0.29, 0.717) is 12.2 Å². The van der Waals surface area contributed by atoms with Crippen molar-refractivity contribution in [1.82, 2.24) is 0 Å². The Bertz CT molecular complexity index is 497. The van der Waals surface area contributed by atoms with Crippen LogP contribution in [0.15, 0.2) is 23.8 Å². The van der Waals surface area contributed by atoms with E-state index < -0.39 is 0 Å². The Morgan fingerprint density at radius 3 is 2.83 bits per heavy atom. The van der Waals surface area contributed by atoms with Gasteiger partial charge in [-0.25, -0.2) is 0 Å². The number of carbonyl (C=O) groups is 1. The second-order valence-electron chi connectivity index (χ2n) is 4.73. The predicted octanol–water partition coefficient (Wildman–Crippen LogP) is 3.06. The van der Waals surface area contributed by atoms with Crippen molar-refractivity contribution in [2.45, 2.75) is 33.1 Å². The first-order valence-electron chi connectivity index (χ1n) is 6.14. The Morgan fingerprint density at radius 2 is 2.17 bits per heavy atom. The van der Waals surface area contributed by atoms with E-state index in [9.17, 15) is 4.79 Å². The number of hydrogen-bond donors (Lipinski definition) is 0. The number of methoxy groups -OCH3 is 1. The molecule has 0 aromatic heterocycles. The molecule has 0 spiro atoms. The molecule has 0 N–H and O–H groups in total. The molecular formula is C15H18O3. The third kappa shape index (κ3) is 2.73. The standard InChI is InChI=1S/C15H18O3/c1-10(2)4-5-11-8-12-6-7-15(16)18-14(12)9-13(11)17-3/h4,8-9H,5-7H2,1-3H3. The number of rotatable bonds is 3. The lowest BCUT2D eigenvalue weighted by atomic mass is 10.00. The summed E-state index contributed by atoms with van der Waals surface area (Å²) in [5.74, 6) is 1.26. The lowest BCUT2D eigenvalue weighted by Gasteiger charge is -2.18. The van der Waals surface area contributed by atoms with Gasteiger partial charge in [0.2, 0.25) is 0 Å². The van der Waals surface area contributed by atoms with Crippen LogP contribution in [-0.4, -0.2) is 13.1 Å². The molecule has 1 aromatic rings. The van der Waals surface area contributed by atoms with Gasteiger partial charge in [0.15, 0.2) is 0 Å². The molecule has 1 aliphatic heterocycles. The zero-order valence-electron chi connectivity index (χ0n) is 11.1. The molecule has 0 saturated carbocycles. The van der Waals surface area contributed by atoms with Crippen LogP contribution in [0.5, 0.6) is 11.5 Å². The third-order valence-electron chi connectivity index (χ3n) is 3.02. The number of allylic oxidation sites excluding steroid dienone is 2. The van der Waals surface area contributed by atoms with Crippen molar-refractivity contribution in [2.24, 2.45) is 0 Å². The van der Waals surface area contributed by atoms with Crippen molar-refractivity contribution >= 4 is 5.97 Å². The minimum Gasteiger partial charge on any atom is -0.496 e. The summed E-state index contributed by atoms with van der Waals surface area (Å²) in [6.45, 7) is 4.15. The summed E-state index contributed by atoms with van der Waals surface area (Å²) in [4.78, 5) is 11.3. The number of esters is 1. The van der Waals surface area contributed by atoms with Gasteiger partial charge in [-0.15, -0.1) is 0 Å². The molecule has 0 unspecified atom stereocenters. The predicted molar refractivity (Wildman–Crippen MR) is 70.1 cm³/mol. The number of ether oxygens (including phenoxy) is 2. The van der Waals surface area contributed by atoms with Gasteiger partial charge in [0, 0.05) is 6.07 Å². The van der Waals surface area contributed by atoms with Crippen LogP contribution in [-0.2, 0) is 17.6 Å². The maximum Gasteiger partial charge on any atom is 0.311 e.